The van der Waals surface area contributed by atoms with E-state index in [1.807, 2.05) is 0 Å². The number of esters is 2. The Morgan fingerprint density at radius 1 is 1.29 bits per heavy atom. The number of aliphatic hydroxyl groups is 1. The monoisotopic (exact) mass is 339 g/mol. The number of aromatic nitrogens is 2. The van der Waals surface area contributed by atoms with E-state index in [2.05, 4.69) is 24.9 Å². The quantitative estimate of drug-likeness (QED) is 0.273. The predicted molar refractivity (Wildman–Crippen MR) is 79.2 cm³/mol. The highest BCUT2D eigenvalue weighted by Crippen LogP contribution is 2.18. The van der Waals surface area contributed by atoms with E-state index in [0.717, 1.165) is 6.33 Å². The highest BCUT2D eigenvalue weighted by atomic mass is 16.5. The van der Waals surface area contributed by atoms with Gasteiger partial charge in [-0.1, -0.05) is 0 Å². The summed E-state index contributed by atoms with van der Waals surface area (Å²) in [5.74, 6) is -3.47. The summed E-state index contributed by atoms with van der Waals surface area (Å²) in [4.78, 5) is 40.5. The summed E-state index contributed by atoms with van der Waals surface area (Å²) < 4.78 is 9.40. The second-order valence-electron chi connectivity index (χ2n) is 4.16. The molecule has 0 saturated carbocycles. The van der Waals surface area contributed by atoms with Gasteiger partial charge in [0.15, 0.2) is 5.69 Å². The Morgan fingerprint density at radius 2 is 1.96 bits per heavy atom. The number of azo groups is 1. The number of hydrogen-bond donors (Lipinski definition) is 3. The van der Waals surface area contributed by atoms with Crippen LogP contribution in [0.15, 0.2) is 28.0 Å². The summed E-state index contributed by atoms with van der Waals surface area (Å²) in [6.07, 6.45) is 0.560. The van der Waals surface area contributed by atoms with Gasteiger partial charge in [0.2, 0.25) is 11.5 Å². The summed E-state index contributed by atoms with van der Waals surface area (Å²) >= 11 is 0. The molecule has 11 heteroatoms. The molecule has 0 saturated heterocycles. The fourth-order valence-corrected chi connectivity index (χ4v) is 1.49. The number of ether oxygens (including phenoxy) is 2. The molecule has 11 nitrogen and oxygen atoms in total. The number of amides is 1. The Balaban J connectivity index is 3.12. The predicted octanol–water partition coefficient (Wildman–Crippen LogP) is 0.878. The van der Waals surface area contributed by atoms with Crippen LogP contribution in [0.25, 0.3) is 0 Å². The fourth-order valence-electron chi connectivity index (χ4n) is 1.49. The Bertz CT molecular complexity index is 678. The lowest BCUT2D eigenvalue weighted by Crippen LogP contribution is -2.12. The molecule has 1 aromatic rings. The van der Waals surface area contributed by atoms with Gasteiger partial charge in [-0.25, -0.2) is 9.78 Å². The lowest BCUT2D eigenvalue weighted by molar-refractivity contribution is -0.142. The van der Waals surface area contributed by atoms with E-state index in [-0.39, 0.29) is 24.7 Å². The number of nitrogens with two attached hydrogens (primary N) is 1. The number of carbonyl (C=O) groups is 3. The molecule has 1 rings (SSSR count). The van der Waals surface area contributed by atoms with Crippen molar-refractivity contribution in [2.75, 3.05) is 13.2 Å². The van der Waals surface area contributed by atoms with Crippen molar-refractivity contribution in [2.45, 2.75) is 20.3 Å². The first-order valence-electron chi connectivity index (χ1n) is 6.90. The molecule has 0 radical (unpaired) electrons. The summed E-state index contributed by atoms with van der Waals surface area (Å²) in [5.41, 5.74) is 4.37. The van der Waals surface area contributed by atoms with Gasteiger partial charge in [0.25, 0.3) is 5.91 Å². The van der Waals surface area contributed by atoms with Crippen molar-refractivity contribution >= 4 is 23.7 Å². The van der Waals surface area contributed by atoms with Crippen LogP contribution in [0.5, 0.6) is 0 Å². The minimum absolute atomic E-state index is 0.0134. The highest BCUT2D eigenvalue weighted by molar-refractivity contribution is 5.95. The van der Waals surface area contributed by atoms with Gasteiger partial charge < -0.3 is 25.3 Å². The molecule has 0 aliphatic rings. The number of carbonyl (C=O) groups excluding carboxylic acids is 3. The van der Waals surface area contributed by atoms with Gasteiger partial charge >= 0.3 is 11.9 Å². The molecule has 0 fully saturated rings. The fraction of sp³-hybridized carbons (Fsp3) is 0.385. The van der Waals surface area contributed by atoms with Gasteiger partial charge in [-0.05, 0) is 13.8 Å². The average molecular weight is 339 g/mol. The van der Waals surface area contributed by atoms with Crippen LogP contribution in [0.1, 0.15) is 30.8 Å². The number of primary amides is 1. The largest absolute Gasteiger partial charge is 0.509 e. The third-order valence-electron chi connectivity index (χ3n) is 2.47. The van der Waals surface area contributed by atoms with Gasteiger partial charge in [0, 0.05) is 0 Å². The van der Waals surface area contributed by atoms with Crippen molar-refractivity contribution in [3.05, 3.63) is 23.5 Å². The van der Waals surface area contributed by atoms with E-state index < -0.39 is 35.7 Å². The smallest absolute Gasteiger partial charge is 0.362 e. The molecule has 0 aromatic carbocycles. The van der Waals surface area contributed by atoms with Crippen LogP contribution in [0.3, 0.4) is 0 Å². The lowest BCUT2D eigenvalue weighted by Gasteiger charge is -2.05. The van der Waals surface area contributed by atoms with Gasteiger partial charge in [-0.15, -0.1) is 10.2 Å². The summed E-state index contributed by atoms with van der Waals surface area (Å²) in [6, 6.07) is 0. The van der Waals surface area contributed by atoms with Gasteiger partial charge in [-0.3, -0.25) is 9.59 Å². The Kier molecular flexibility index (Phi) is 7.07. The van der Waals surface area contributed by atoms with Gasteiger partial charge in [-0.2, -0.15) is 0 Å². The number of H-pyrrole nitrogens is 1. The minimum Gasteiger partial charge on any atom is -0.509 e. The molecular weight excluding hydrogens is 322 g/mol. The minimum atomic E-state index is -1.00. The molecule has 24 heavy (non-hydrogen) atoms. The van der Waals surface area contributed by atoms with Crippen molar-refractivity contribution in [2.24, 2.45) is 16.0 Å². The molecule has 0 atom stereocenters. The lowest BCUT2D eigenvalue weighted by atomic mass is 10.3. The van der Waals surface area contributed by atoms with Crippen molar-refractivity contribution in [1.29, 1.82) is 0 Å². The van der Waals surface area contributed by atoms with Crippen molar-refractivity contribution in [1.82, 2.24) is 9.97 Å². The number of nitrogens with one attached hydrogen (secondary N) is 1. The standard InChI is InChI=1S/C13H17N5O6/c1-3-23-8(20)5-7(19)9(13(22)24-4-2)17-18-12-10(11(14)21)15-6-16-12/h6,19H,3-5H2,1-2H3,(H2,14,21)(H,15,16). The normalized spacial score (nSPS) is 11.9. The van der Waals surface area contributed by atoms with E-state index in [1.54, 1.807) is 13.8 Å². The molecule has 1 aromatic heterocycles. The first kappa shape index (κ1) is 18.8. The van der Waals surface area contributed by atoms with E-state index in [9.17, 15) is 19.5 Å². The first-order chi connectivity index (χ1) is 11.4. The SMILES string of the molecule is CCOC(=O)CC(O)=C(N=Nc1nc[nH]c1C(N)=O)C(=O)OCC. The number of nitrogens with zero attached hydrogens (tertiary/aromatic N) is 3. The molecule has 1 heterocycles. The van der Waals surface area contributed by atoms with Crippen LogP contribution < -0.4 is 5.73 Å². The molecule has 0 aliphatic heterocycles. The zero-order valence-corrected chi connectivity index (χ0v) is 13.1. The Hall–Kier alpha value is -3.24. The summed E-state index contributed by atoms with van der Waals surface area (Å²) in [6.45, 7) is 3.26. The van der Waals surface area contributed by atoms with Crippen molar-refractivity contribution < 1.29 is 29.0 Å². The average Bonchev–Trinajstić information content (AvgIpc) is 2.96. The van der Waals surface area contributed by atoms with Crippen molar-refractivity contribution in [3.63, 3.8) is 0 Å². The third-order valence-corrected chi connectivity index (χ3v) is 2.47. The van der Waals surface area contributed by atoms with Crippen LogP contribution in [-0.4, -0.2) is 46.1 Å². The second-order valence-corrected chi connectivity index (χ2v) is 4.16. The zero-order valence-electron chi connectivity index (χ0n) is 13.1. The molecule has 0 aliphatic carbocycles. The van der Waals surface area contributed by atoms with Gasteiger partial charge in [0.05, 0.1) is 19.5 Å². The van der Waals surface area contributed by atoms with Crippen molar-refractivity contribution in [3.8, 4) is 0 Å². The van der Waals surface area contributed by atoms with E-state index >= 15 is 0 Å². The number of aliphatic hydroxyl groups excluding tert-OH is 1. The summed E-state index contributed by atoms with van der Waals surface area (Å²) in [5, 5.41) is 17.0. The molecule has 1 amide bonds. The van der Waals surface area contributed by atoms with E-state index in [4.69, 9.17) is 10.5 Å². The molecule has 0 spiro atoms. The topological polar surface area (TPSA) is 169 Å². The maximum Gasteiger partial charge on any atom is 0.362 e. The maximum absolute atomic E-state index is 11.8. The van der Waals surface area contributed by atoms with Crippen LogP contribution in [-0.2, 0) is 19.1 Å². The van der Waals surface area contributed by atoms with Crippen LogP contribution in [0.2, 0.25) is 0 Å². The van der Waals surface area contributed by atoms with Crippen LogP contribution in [0, 0.1) is 0 Å². The number of imidazole rings is 1. The number of aromatic amines is 1. The molecule has 0 unspecified atom stereocenters. The maximum atomic E-state index is 11.8. The van der Waals surface area contributed by atoms with Crippen LogP contribution >= 0.6 is 0 Å². The molecule has 0 bridgehead atoms. The summed E-state index contributed by atoms with van der Waals surface area (Å²) in [7, 11) is 0. The van der Waals surface area contributed by atoms with E-state index in [0.29, 0.717) is 0 Å². The molecule has 4 N–H and O–H groups in total. The third kappa shape index (κ3) is 5.19. The molecular formula is C13H17N5O6. The first-order valence-corrected chi connectivity index (χ1v) is 6.90. The van der Waals surface area contributed by atoms with Crippen LogP contribution in [0.4, 0.5) is 5.82 Å². The Labute approximate surface area is 136 Å². The highest BCUT2D eigenvalue weighted by Gasteiger charge is 2.20. The van der Waals surface area contributed by atoms with E-state index in [1.165, 1.54) is 0 Å². The second kappa shape index (κ2) is 9.02. The zero-order chi connectivity index (χ0) is 18.1. The molecule has 130 valence electrons. The number of hydrogen-bond acceptors (Lipinski definition) is 9. The van der Waals surface area contributed by atoms with Gasteiger partial charge in [0.1, 0.15) is 12.2 Å². The Morgan fingerprint density at radius 3 is 2.54 bits per heavy atom. The number of rotatable bonds is 8.